The molecule has 0 aliphatic carbocycles. The Hall–Kier alpha value is -3.22. The highest BCUT2D eigenvalue weighted by Gasteiger charge is 2.12. The normalized spacial score (nSPS) is 11.2. The van der Waals surface area contributed by atoms with E-state index >= 15 is 0 Å². The Kier molecular flexibility index (Phi) is 4.35. The van der Waals surface area contributed by atoms with Gasteiger partial charge < -0.3 is 9.47 Å². The van der Waals surface area contributed by atoms with Crippen molar-refractivity contribution >= 4 is 11.6 Å². The van der Waals surface area contributed by atoms with E-state index in [1.54, 1.807) is 10.8 Å². The minimum Gasteiger partial charge on any atom is -0.359 e. The van der Waals surface area contributed by atoms with Crippen LogP contribution in [0.15, 0.2) is 55.1 Å². The van der Waals surface area contributed by atoms with Gasteiger partial charge in [0.15, 0.2) is 0 Å². The lowest BCUT2D eigenvalue weighted by Crippen LogP contribution is -2.23. The second-order valence-corrected chi connectivity index (χ2v) is 6.28. The maximum atomic E-state index is 4.63. The van der Waals surface area contributed by atoms with Gasteiger partial charge in [0.1, 0.15) is 18.0 Å². The zero-order chi connectivity index (χ0) is 17.9. The summed E-state index contributed by atoms with van der Waals surface area (Å²) in [7, 11) is 2.08. The van der Waals surface area contributed by atoms with Crippen molar-refractivity contribution < 1.29 is 0 Å². The fraction of sp³-hybridized carbons (Fsp3) is 0.263. The summed E-state index contributed by atoms with van der Waals surface area (Å²) >= 11 is 0. The van der Waals surface area contributed by atoms with Crippen LogP contribution in [0, 0.1) is 6.92 Å². The Labute approximate surface area is 152 Å². The molecule has 0 bridgehead atoms. The van der Waals surface area contributed by atoms with Gasteiger partial charge >= 0.3 is 0 Å². The third kappa shape index (κ3) is 3.15. The van der Waals surface area contributed by atoms with Gasteiger partial charge in [0.05, 0.1) is 5.69 Å². The third-order valence-corrected chi connectivity index (χ3v) is 4.51. The molecule has 0 saturated heterocycles. The standard InChI is InChI=1S/C19H21N7/c1-15-20-9-12-25(15)11-6-10-24(2)18-13-17(16-7-4-3-5-8-16)23-19-21-14-22-26(18)19/h3-5,7-9,12-14H,6,10-11H2,1-2H3. The predicted molar refractivity (Wildman–Crippen MR) is 101 cm³/mol. The number of fused-ring (bicyclic) bond motifs is 1. The maximum absolute atomic E-state index is 4.63. The second-order valence-electron chi connectivity index (χ2n) is 6.28. The molecule has 0 atom stereocenters. The second kappa shape index (κ2) is 6.95. The molecule has 0 aliphatic rings. The smallest absolute Gasteiger partial charge is 0.254 e. The lowest BCUT2D eigenvalue weighted by Gasteiger charge is -2.20. The highest BCUT2D eigenvalue weighted by Crippen LogP contribution is 2.23. The molecule has 0 radical (unpaired) electrons. The van der Waals surface area contributed by atoms with E-state index in [0.29, 0.717) is 5.78 Å². The monoisotopic (exact) mass is 347 g/mol. The van der Waals surface area contributed by atoms with Crippen molar-refractivity contribution in [3.63, 3.8) is 0 Å². The van der Waals surface area contributed by atoms with Gasteiger partial charge in [0, 0.05) is 44.2 Å². The molecule has 7 heteroatoms. The first-order chi connectivity index (χ1) is 12.7. The summed E-state index contributed by atoms with van der Waals surface area (Å²) in [6.45, 7) is 3.86. The Balaban J connectivity index is 1.58. The quantitative estimate of drug-likeness (QED) is 0.537. The Bertz CT molecular complexity index is 1000. The SMILES string of the molecule is Cc1nccn1CCCN(C)c1cc(-c2ccccc2)nc2ncnn12. The Morgan fingerprint density at radius 1 is 1.12 bits per heavy atom. The van der Waals surface area contributed by atoms with E-state index in [1.165, 1.54) is 0 Å². The van der Waals surface area contributed by atoms with Crippen LogP contribution in [0.1, 0.15) is 12.2 Å². The van der Waals surface area contributed by atoms with Crippen LogP contribution in [0.25, 0.3) is 17.0 Å². The van der Waals surface area contributed by atoms with Crippen molar-refractivity contribution in [1.29, 1.82) is 0 Å². The van der Waals surface area contributed by atoms with Gasteiger partial charge in [-0.2, -0.15) is 14.6 Å². The topological polar surface area (TPSA) is 64.1 Å². The van der Waals surface area contributed by atoms with Gasteiger partial charge in [-0.3, -0.25) is 0 Å². The van der Waals surface area contributed by atoms with Crippen LogP contribution in [0.3, 0.4) is 0 Å². The van der Waals surface area contributed by atoms with E-state index in [4.69, 9.17) is 0 Å². The predicted octanol–water partition coefficient (Wildman–Crippen LogP) is 2.82. The average molecular weight is 347 g/mol. The lowest BCUT2D eigenvalue weighted by atomic mass is 10.1. The van der Waals surface area contributed by atoms with E-state index in [-0.39, 0.29) is 0 Å². The summed E-state index contributed by atoms with van der Waals surface area (Å²) in [4.78, 5) is 15.4. The summed E-state index contributed by atoms with van der Waals surface area (Å²) in [5, 5.41) is 4.33. The molecule has 0 saturated carbocycles. The molecule has 132 valence electrons. The van der Waals surface area contributed by atoms with Crippen LogP contribution in [0.5, 0.6) is 0 Å². The van der Waals surface area contributed by atoms with Gasteiger partial charge in [0.25, 0.3) is 5.78 Å². The highest BCUT2D eigenvalue weighted by atomic mass is 15.4. The summed E-state index contributed by atoms with van der Waals surface area (Å²) in [6, 6.07) is 12.2. The lowest BCUT2D eigenvalue weighted by molar-refractivity contribution is 0.619. The van der Waals surface area contributed by atoms with Crippen molar-refractivity contribution in [2.24, 2.45) is 0 Å². The van der Waals surface area contributed by atoms with Crippen LogP contribution in [-0.4, -0.2) is 42.7 Å². The van der Waals surface area contributed by atoms with Crippen LogP contribution in [0.4, 0.5) is 5.82 Å². The number of imidazole rings is 1. The first-order valence-corrected chi connectivity index (χ1v) is 8.67. The van der Waals surface area contributed by atoms with Gasteiger partial charge in [-0.1, -0.05) is 30.3 Å². The first-order valence-electron chi connectivity index (χ1n) is 8.67. The van der Waals surface area contributed by atoms with Crippen molar-refractivity contribution in [3.8, 4) is 11.3 Å². The number of rotatable bonds is 6. The van der Waals surface area contributed by atoms with Gasteiger partial charge in [-0.15, -0.1) is 0 Å². The zero-order valence-corrected chi connectivity index (χ0v) is 14.9. The van der Waals surface area contributed by atoms with Gasteiger partial charge in [0.2, 0.25) is 0 Å². The zero-order valence-electron chi connectivity index (χ0n) is 14.9. The van der Waals surface area contributed by atoms with Gasteiger partial charge in [-0.25, -0.2) is 9.97 Å². The molecular weight excluding hydrogens is 326 g/mol. The van der Waals surface area contributed by atoms with Crippen molar-refractivity contribution in [1.82, 2.24) is 29.1 Å². The number of hydrogen-bond acceptors (Lipinski definition) is 5. The van der Waals surface area contributed by atoms with E-state index in [1.807, 2.05) is 37.5 Å². The Morgan fingerprint density at radius 3 is 2.73 bits per heavy atom. The number of hydrogen-bond donors (Lipinski definition) is 0. The minimum atomic E-state index is 0.610. The van der Waals surface area contributed by atoms with Crippen molar-refractivity contribution in [2.45, 2.75) is 19.9 Å². The van der Waals surface area contributed by atoms with E-state index in [9.17, 15) is 0 Å². The molecule has 0 fully saturated rings. The Morgan fingerprint density at radius 2 is 1.96 bits per heavy atom. The fourth-order valence-electron chi connectivity index (χ4n) is 3.06. The maximum Gasteiger partial charge on any atom is 0.254 e. The number of anilines is 1. The molecule has 3 aromatic heterocycles. The summed E-state index contributed by atoms with van der Waals surface area (Å²) in [6.07, 6.45) is 6.41. The molecule has 0 amide bonds. The number of aryl methyl sites for hydroxylation is 2. The molecule has 0 aliphatic heterocycles. The summed E-state index contributed by atoms with van der Waals surface area (Å²) < 4.78 is 3.95. The van der Waals surface area contributed by atoms with Gasteiger partial charge in [-0.05, 0) is 13.3 Å². The van der Waals surface area contributed by atoms with E-state index in [2.05, 4.69) is 54.8 Å². The molecule has 3 heterocycles. The first kappa shape index (κ1) is 16.3. The number of aromatic nitrogens is 6. The molecule has 1 aromatic carbocycles. The largest absolute Gasteiger partial charge is 0.359 e. The fourth-order valence-corrected chi connectivity index (χ4v) is 3.06. The average Bonchev–Trinajstić information content (AvgIpc) is 3.30. The van der Waals surface area contributed by atoms with E-state index in [0.717, 1.165) is 42.4 Å². The van der Waals surface area contributed by atoms with Crippen LogP contribution >= 0.6 is 0 Å². The van der Waals surface area contributed by atoms with Crippen LogP contribution in [0.2, 0.25) is 0 Å². The summed E-state index contributed by atoms with van der Waals surface area (Å²) in [5.74, 6) is 2.63. The molecule has 0 spiro atoms. The minimum absolute atomic E-state index is 0.610. The molecule has 0 N–H and O–H groups in total. The molecule has 4 aromatic rings. The van der Waals surface area contributed by atoms with E-state index < -0.39 is 0 Å². The third-order valence-electron chi connectivity index (χ3n) is 4.51. The summed E-state index contributed by atoms with van der Waals surface area (Å²) in [5.41, 5.74) is 1.97. The van der Waals surface area contributed by atoms with Crippen LogP contribution < -0.4 is 4.90 Å². The van der Waals surface area contributed by atoms with Crippen LogP contribution in [-0.2, 0) is 6.54 Å². The molecule has 0 unspecified atom stereocenters. The number of nitrogens with zero attached hydrogens (tertiary/aromatic N) is 7. The van der Waals surface area contributed by atoms with Crippen molar-refractivity contribution in [2.75, 3.05) is 18.5 Å². The molecule has 26 heavy (non-hydrogen) atoms. The highest BCUT2D eigenvalue weighted by molar-refractivity contribution is 5.65. The molecule has 7 nitrogen and oxygen atoms in total. The van der Waals surface area contributed by atoms with Crippen molar-refractivity contribution in [3.05, 3.63) is 60.9 Å². The molecule has 4 rings (SSSR count). The number of benzene rings is 1. The molecular formula is C19H21N7.